The third-order valence-corrected chi connectivity index (χ3v) is 6.29. The van der Waals surface area contributed by atoms with E-state index in [9.17, 15) is 0 Å². The van der Waals surface area contributed by atoms with E-state index in [-0.39, 0.29) is 0 Å². The molecule has 0 atom stereocenters. The second kappa shape index (κ2) is 7.90. The number of imidazole rings is 1. The fourth-order valence-corrected chi connectivity index (χ4v) is 4.96. The van der Waals surface area contributed by atoms with Gasteiger partial charge in [0.2, 0.25) is 5.95 Å². The molecule has 1 fully saturated rings. The first-order chi connectivity index (χ1) is 13.5. The number of fused-ring (bicyclic) bond motifs is 1. The molecule has 152 valence electrons. The lowest BCUT2D eigenvalue weighted by Crippen LogP contribution is -2.28. The van der Waals surface area contributed by atoms with Crippen molar-refractivity contribution in [3.8, 4) is 0 Å². The summed E-state index contributed by atoms with van der Waals surface area (Å²) in [5, 5.41) is 0. The first kappa shape index (κ1) is 19.5. The van der Waals surface area contributed by atoms with E-state index in [1.165, 1.54) is 66.1 Å². The van der Waals surface area contributed by atoms with E-state index >= 15 is 0 Å². The first-order valence-corrected chi connectivity index (χ1v) is 11.2. The molecule has 28 heavy (non-hydrogen) atoms. The quantitative estimate of drug-likeness (QED) is 0.633. The van der Waals surface area contributed by atoms with Crippen molar-refractivity contribution in [3.05, 3.63) is 40.2 Å². The molecule has 4 nitrogen and oxygen atoms in total. The summed E-state index contributed by atoms with van der Waals surface area (Å²) < 4.78 is 2.51. The van der Waals surface area contributed by atoms with Crippen LogP contribution in [0.15, 0.2) is 12.1 Å². The van der Waals surface area contributed by atoms with E-state index in [0.717, 1.165) is 37.9 Å². The van der Waals surface area contributed by atoms with E-state index < -0.39 is 0 Å². The minimum Gasteiger partial charge on any atom is -0.311 e. The summed E-state index contributed by atoms with van der Waals surface area (Å²) in [6, 6.07) is 4.60. The van der Waals surface area contributed by atoms with E-state index in [1.807, 2.05) is 0 Å². The average molecular weight is 381 g/mol. The van der Waals surface area contributed by atoms with Gasteiger partial charge in [-0.3, -0.25) is 4.90 Å². The van der Waals surface area contributed by atoms with Gasteiger partial charge in [0.25, 0.3) is 0 Å². The van der Waals surface area contributed by atoms with Crippen LogP contribution in [0.4, 0.5) is 11.6 Å². The lowest BCUT2D eigenvalue weighted by Gasteiger charge is -2.22. The van der Waals surface area contributed by atoms with Gasteiger partial charge in [-0.15, -0.1) is 0 Å². The Morgan fingerprint density at radius 1 is 1.07 bits per heavy atom. The predicted octanol–water partition coefficient (Wildman–Crippen LogP) is 5.14. The number of benzene rings is 1. The number of hydrogen-bond acceptors (Lipinski definition) is 3. The highest BCUT2D eigenvalue weighted by molar-refractivity contribution is 5.68. The van der Waals surface area contributed by atoms with Crippen LogP contribution < -0.4 is 4.90 Å². The zero-order valence-corrected chi connectivity index (χ0v) is 18.4. The molecule has 0 unspecified atom stereocenters. The van der Waals surface area contributed by atoms with Gasteiger partial charge < -0.3 is 9.47 Å². The number of aryl methyl sites for hydroxylation is 4. The van der Waals surface area contributed by atoms with Gasteiger partial charge in [-0.25, -0.2) is 4.98 Å². The molecule has 1 saturated carbocycles. The highest BCUT2D eigenvalue weighted by Gasteiger charge is 2.31. The van der Waals surface area contributed by atoms with Gasteiger partial charge in [-0.2, -0.15) is 0 Å². The molecule has 0 bridgehead atoms. The number of anilines is 2. The molecule has 2 heterocycles. The maximum Gasteiger partial charge on any atom is 0.210 e. The van der Waals surface area contributed by atoms with Crippen LogP contribution in [0, 0.1) is 26.7 Å². The largest absolute Gasteiger partial charge is 0.311 e. The molecule has 4 rings (SSSR count). The summed E-state index contributed by atoms with van der Waals surface area (Å²) in [4.78, 5) is 10.3. The second-order valence-corrected chi connectivity index (χ2v) is 8.89. The van der Waals surface area contributed by atoms with Gasteiger partial charge in [0.15, 0.2) is 0 Å². The van der Waals surface area contributed by atoms with E-state index in [1.54, 1.807) is 0 Å². The summed E-state index contributed by atoms with van der Waals surface area (Å²) in [7, 11) is 0. The van der Waals surface area contributed by atoms with Crippen molar-refractivity contribution in [1.82, 2.24) is 14.5 Å². The maximum atomic E-state index is 5.14. The Bertz CT molecular complexity index is 824. The van der Waals surface area contributed by atoms with E-state index in [4.69, 9.17) is 4.98 Å². The molecule has 1 aliphatic heterocycles. The number of nitrogens with zero attached hydrogens (tertiary/aromatic N) is 4. The zero-order valence-electron chi connectivity index (χ0n) is 18.4. The molecule has 0 spiro atoms. The maximum absolute atomic E-state index is 5.14. The molecule has 1 aliphatic carbocycles. The Hall–Kier alpha value is -1.81. The van der Waals surface area contributed by atoms with Crippen molar-refractivity contribution in [1.29, 1.82) is 0 Å². The van der Waals surface area contributed by atoms with Crippen LogP contribution in [0.2, 0.25) is 0 Å². The van der Waals surface area contributed by atoms with Crippen molar-refractivity contribution in [2.24, 2.45) is 5.92 Å². The molecule has 0 amide bonds. The standard InChI is InChI=1S/C24H36N4/c1-6-10-26(15-20-8-9-20)16-22-21(7-2)25-24-27(22)11-12-28(24)23-18(4)13-17(3)14-19(23)5/h13-14,20H,6-12,15-16H2,1-5H3. The van der Waals surface area contributed by atoms with Crippen molar-refractivity contribution in [3.63, 3.8) is 0 Å². The Kier molecular flexibility index (Phi) is 5.50. The van der Waals surface area contributed by atoms with E-state index in [0.29, 0.717) is 0 Å². The zero-order chi connectivity index (χ0) is 19.8. The number of rotatable bonds is 8. The van der Waals surface area contributed by atoms with Crippen LogP contribution in [-0.4, -0.2) is 34.1 Å². The lowest BCUT2D eigenvalue weighted by atomic mass is 10.0. The van der Waals surface area contributed by atoms with Crippen molar-refractivity contribution in [2.75, 3.05) is 24.5 Å². The third-order valence-electron chi connectivity index (χ3n) is 6.29. The molecule has 1 aromatic carbocycles. The molecule has 1 aromatic heterocycles. The molecular weight excluding hydrogens is 344 g/mol. The van der Waals surface area contributed by atoms with Crippen LogP contribution in [-0.2, 0) is 19.5 Å². The SMILES string of the molecule is CCCN(Cc1c(CC)nc2n1CCN2c1c(C)cc(C)cc1C)CC1CC1. The lowest BCUT2D eigenvalue weighted by molar-refractivity contribution is 0.248. The van der Waals surface area contributed by atoms with Gasteiger partial charge in [0.05, 0.1) is 11.4 Å². The molecule has 4 heteroatoms. The third kappa shape index (κ3) is 3.71. The summed E-state index contributed by atoms with van der Waals surface area (Å²) >= 11 is 0. The molecule has 0 radical (unpaired) electrons. The molecule has 2 aliphatic rings. The minimum absolute atomic E-state index is 0.937. The highest BCUT2D eigenvalue weighted by Crippen LogP contribution is 2.37. The Morgan fingerprint density at radius 2 is 1.79 bits per heavy atom. The monoisotopic (exact) mass is 380 g/mol. The summed E-state index contributed by atoms with van der Waals surface area (Å²) in [6.07, 6.45) is 5.08. The Morgan fingerprint density at radius 3 is 2.39 bits per heavy atom. The summed E-state index contributed by atoms with van der Waals surface area (Å²) in [6.45, 7) is 16.8. The van der Waals surface area contributed by atoms with Crippen LogP contribution in [0.1, 0.15) is 61.2 Å². The van der Waals surface area contributed by atoms with Crippen LogP contribution in [0.5, 0.6) is 0 Å². The van der Waals surface area contributed by atoms with Gasteiger partial charge >= 0.3 is 0 Å². The smallest absolute Gasteiger partial charge is 0.210 e. The van der Waals surface area contributed by atoms with Crippen molar-refractivity contribution in [2.45, 2.75) is 73.4 Å². The number of hydrogen-bond donors (Lipinski definition) is 0. The number of aromatic nitrogens is 2. The van der Waals surface area contributed by atoms with Crippen LogP contribution >= 0.6 is 0 Å². The summed E-state index contributed by atoms with van der Waals surface area (Å²) in [5.74, 6) is 2.09. The molecule has 0 N–H and O–H groups in total. The van der Waals surface area contributed by atoms with Gasteiger partial charge in [-0.05, 0) is 70.0 Å². The molecular formula is C24H36N4. The Labute approximate surface area is 170 Å². The van der Waals surface area contributed by atoms with Crippen LogP contribution in [0.25, 0.3) is 0 Å². The Balaban J connectivity index is 1.66. The topological polar surface area (TPSA) is 24.3 Å². The first-order valence-electron chi connectivity index (χ1n) is 11.2. The van der Waals surface area contributed by atoms with Gasteiger partial charge in [0.1, 0.15) is 0 Å². The van der Waals surface area contributed by atoms with Crippen molar-refractivity contribution >= 4 is 11.6 Å². The highest BCUT2D eigenvalue weighted by atomic mass is 15.4. The fraction of sp³-hybridized carbons (Fsp3) is 0.625. The molecule has 0 saturated heterocycles. The van der Waals surface area contributed by atoms with Crippen LogP contribution in [0.3, 0.4) is 0 Å². The summed E-state index contributed by atoms with van der Waals surface area (Å²) in [5.41, 5.74) is 8.15. The molecule has 2 aromatic rings. The van der Waals surface area contributed by atoms with E-state index in [2.05, 4.69) is 61.1 Å². The normalized spacial score (nSPS) is 16.3. The minimum atomic E-state index is 0.937. The van der Waals surface area contributed by atoms with Gasteiger partial charge in [0, 0.05) is 31.9 Å². The fourth-order valence-electron chi connectivity index (χ4n) is 4.96. The predicted molar refractivity (Wildman–Crippen MR) is 118 cm³/mol. The van der Waals surface area contributed by atoms with Crippen molar-refractivity contribution < 1.29 is 0 Å². The van der Waals surface area contributed by atoms with Gasteiger partial charge in [-0.1, -0.05) is 31.5 Å². The average Bonchev–Trinajstić information content (AvgIpc) is 3.26. The second-order valence-electron chi connectivity index (χ2n) is 8.89.